The fraction of sp³-hybridized carbons (Fsp3) is 0.909. The van der Waals surface area contributed by atoms with Gasteiger partial charge in [0.15, 0.2) is 0 Å². The summed E-state index contributed by atoms with van der Waals surface area (Å²) in [4.78, 5) is 25.6. The van der Waals surface area contributed by atoms with Crippen molar-refractivity contribution in [2.24, 2.45) is 35.5 Å². The van der Waals surface area contributed by atoms with E-state index in [0.717, 1.165) is 12.8 Å². The summed E-state index contributed by atoms with van der Waals surface area (Å²) in [6.07, 6.45) is 14.6. The molecule has 2 N–H and O–H groups in total. The molecule has 144 valence electrons. The highest BCUT2D eigenvalue weighted by Crippen LogP contribution is 2.56. The first-order valence-corrected chi connectivity index (χ1v) is 11.3. The highest BCUT2D eigenvalue weighted by Gasteiger charge is 2.56. The van der Waals surface area contributed by atoms with Gasteiger partial charge in [-0.05, 0) is 62.2 Å². The van der Waals surface area contributed by atoms with Gasteiger partial charge in [0.25, 0.3) is 0 Å². The Morgan fingerprint density at radius 3 is 1.15 bits per heavy atom. The standard InChI is InChI=1S/C22H34N2O2/c25-21(19-13-7-1-2-8-14(13)19)23-17-11-5-6-12-18(17)24-22(26)20-15-9-3-4-10-16(15)20/h13-20H,1-12H2,(H,23,25)(H,24,26)/t13-,14+,15-,16+,17-,18+,19?,20?. The van der Waals surface area contributed by atoms with Crippen LogP contribution in [0.2, 0.25) is 0 Å². The van der Waals surface area contributed by atoms with Gasteiger partial charge in [0.2, 0.25) is 11.8 Å². The molecule has 0 aromatic rings. The molecule has 0 radical (unpaired) electrons. The zero-order valence-electron chi connectivity index (χ0n) is 15.9. The van der Waals surface area contributed by atoms with E-state index in [1.165, 1.54) is 64.2 Å². The number of carbonyl (C=O) groups excluding carboxylic acids is 2. The zero-order chi connectivity index (χ0) is 17.7. The van der Waals surface area contributed by atoms with Crippen molar-refractivity contribution in [1.29, 1.82) is 0 Å². The van der Waals surface area contributed by atoms with Crippen LogP contribution < -0.4 is 10.6 Å². The first-order valence-electron chi connectivity index (χ1n) is 11.3. The second kappa shape index (κ2) is 6.83. The third-order valence-corrected chi connectivity index (χ3v) is 8.34. The molecule has 4 nitrogen and oxygen atoms in total. The molecule has 0 aromatic heterocycles. The molecule has 2 amide bonds. The Morgan fingerprint density at radius 1 is 0.500 bits per heavy atom. The summed E-state index contributed by atoms with van der Waals surface area (Å²) in [5, 5.41) is 6.72. The average molecular weight is 359 g/mol. The third kappa shape index (κ3) is 3.07. The van der Waals surface area contributed by atoms with Gasteiger partial charge in [0.05, 0.1) is 0 Å². The minimum absolute atomic E-state index is 0.156. The van der Waals surface area contributed by atoms with E-state index in [4.69, 9.17) is 0 Å². The molecule has 26 heavy (non-hydrogen) atoms. The van der Waals surface area contributed by atoms with E-state index in [2.05, 4.69) is 10.6 Å². The van der Waals surface area contributed by atoms with Gasteiger partial charge in [-0.3, -0.25) is 9.59 Å². The van der Waals surface area contributed by atoms with Crippen molar-refractivity contribution in [3.63, 3.8) is 0 Å². The lowest BCUT2D eigenvalue weighted by Crippen LogP contribution is -2.54. The van der Waals surface area contributed by atoms with Gasteiger partial charge in [-0.15, -0.1) is 0 Å². The van der Waals surface area contributed by atoms with E-state index in [1.807, 2.05) is 0 Å². The van der Waals surface area contributed by atoms with Crippen LogP contribution in [-0.4, -0.2) is 23.9 Å². The summed E-state index contributed by atoms with van der Waals surface area (Å²) in [6, 6.07) is 0.312. The number of nitrogens with one attached hydrogen (secondary N) is 2. The molecular formula is C22H34N2O2. The monoisotopic (exact) mass is 358 g/mol. The van der Waals surface area contributed by atoms with Crippen LogP contribution in [0.1, 0.15) is 77.0 Å². The van der Waals surface area contributed by atoms with Crippen LogP contribution in [0.5, 0.6) is 0 Å². The summed E-state index contributed by atoms with van der Waals surface area (Å²) in [5.74, 6) is 3.78. The van der Waals surface area contributed by atoms with Crippen LogP contribution in [0.4, 0.5) is 0 Å². The summed E-state index contributed by atoms with van der Waals surface area (Å²) < 4.78 is 0. The largest absolute Gasteiger partial charge is 0.351 e. The van der Waals surface area contributed by atoms with E-state index >= 15 is 0 Å². The Morgan fingerprint density at radius 2 is 0.808 bits per heavy atom. The molecule has 5 rings (SSSR count). The van der Waals surface area contributed by atoms with Crippen molar-refractivity contribution in [3.8, 4) is 0 Å². The van der Waals surface area contributed by atoms with Crippen LogP contribution in [0.3, 0.4) is 0 Å². The van der Waals surface area contributed by atoms with E-state index < -0.39 is 0 Å². The van der Waals surface area contributed by atoms with E-state index in [9.17, 15) is 9.59 Å². The fourth-order valence-electron chi connectivity index (χ4n) is 6.80. The minimum atomic E-state index is 0.156. The lowest BCUT2D eigenvalue weighted by molar-refractivity contribution is -0.126. The molecule has 0 heterocycles. The molecule has 5 fully saturated rings. The van der Waals surface area contributed by atoms with Gasteiger partial charge in [-0.1, -0.05) is 38.5 Å². The number of carbonyl (C=O) groups is 2. The van der Waals surface area contributed by atoms with Gasteiger partial charge in [-0.25, -0.2) is 0 Å². The maximum absolute atomic E-state index is 12.8. The van der Waals surface area contributed by atoms with Gasteiger partial charge >= 0.3 is 0 Å². The maximum Gasteiger partial charge on any atom is 0.223 e. The molecule has 0 aromatic carbocycles. The number of amides is 2. The maximum atomic E-state index is 12.8. The first kappa shape index (κ1) is 17.1. The Bertz CT molecular complexity index is 502. The SMILES string of the molecule is O=C(N[C@H]1CCCC[C@H]1NC(=O)C1[C@H]2CCCC[C@@H]12)C1[C@H]2CCCC[C@@H]12. The van der Waals surface area contributed by atoms with Gasteiger partial charge in [-0.2, -0.15) is 0 Å². The highest BCUT2D eigenvalue weighted by atomic mass is 16.2. The summed E-state index contributed by atoms with van der Waals surface area (Å²) in [7, 11) is 0. The Labute approximate surface area is 157 Å². The zero-order valence-corrected chi connectivity index (χ0v) is 15.9. The van der Waals surface area contributed by atoms with Crippen LogP contribution in [0.15, 0.2) is 0 Å². The van der Waals surface area contributed by atoms with E-state index in [1.54, 1.807) is 0 Å². The summed E-state index contributed by atoms with van der Waals surface area (Å²) >= 11 is 0. The summed E-state index contributed by atoms with van der Waals surface area (Å²) in [6.45, 7) is 0. The normalized spacial score (nSPS) is 46.5. The van der Waals surface area contributed by atoms with Crippen LogP contribution in [0, 0.1) is 35.5 Å². The first-order chi connectivity index (χ1) is 12.7. The molecule has 5 aliphatic carbocycles. The second-order valence-corrected chi connectivity index (χ2v) is 9.79. The van der Waals surface area contributed by atoms with Crippen molar-refractivity contribution in [2.75, 3.05) is 0 Å². The molecule has 4 heteroatoms. The smallest absolute Gasteiger partial charge is 0.223 e. The Hall–Kier alpha value is -1.06. The van der Waals surface area contributed by atoms with Crippen molar-refractivity contribution in [1.82, 2.24) is 10.6 Å². The van der Waals surface area contributed by atoms with Crippen molar-refractivity contribution in [3.05, 3.63) is 0 Å². The van der Waals surface area contributed by atoms with Crippen molar-refractivity contribution < 1.29 is 9.59 Å². The summed E-state index contributed by atoms with van der Waals surface area (Å²) in [5.41, 5.74) is 0. The van der Waals surface area contributed by atoms with Crippen LogP contribution in [0.25, 0.3) is 0 Å². The van der Waals surface area contributed by atoms with Gasteiger partial charge in [0, 0.05) is 23.9 Å². The van der Waals surface area contributed by atoms with Crippen molar-refractivity contribution in [2.45, 2.75) is 89.1 Å². The van der Waals surface area contributed by atoms with E-state index in [0.29, 0.717) is 23.7 Å². The predicted octanol–water partition coefficient (Wildman–Crippen LogP) is 3.40. The molecule has 0 spiro atoms. The molecule has 5 aliphatic rings. The highest BCUT2D eigenvalue weighted by molar-refractivity contribution is 5.84. The lowest BCUT2D eigenvalue weighted by atomic mass is 9.89. The van der Waals surface area contributed by atoms with E-state index in [-0.39, 0.29) is 35.7 Å². The Kier molecular flexibility index (Phi) is 4.48. The topological polar surface area (TPSA) is 58.2 Å². The lowest BCUT2D eigenvalue weighted by Gasteiger charge is -2.33. The second-order valence-electron chi connectivity index (χ2n) is 9.79. The number of fused-ring (bicyclic) bond motifs is 2. The number of hydrogen-bond acceptors (Lipinski definition) is 2. The average Bonchev–Trinajstić information content (AvgIpc) is 3.55. The van der Waals surface area contributed by atoms with Gasteiger partial charge < -0.3 is 10.6 Å². The number of rotatable bonds is 4. The molecular weight excluding hydrogens is 324 g/mol. The minimum Gasteiger partial charge on any atom is -0.351 e. The third-order valence-electron chi connectivity index (χ3n) is 8.34. The molecule has 0 saturated heterocycles. The van der Waals surface area contributed by atoms with Crippen molar-refractivity contribution >= 4 is 11.8 Å². The van der Waals surface area contributed by atoms with Crippen LogP contribution in [-0.2, 0) is 9.59 Å². The molecule has 0 aliphatic heterocycles. The molecule has 8 atom stereocenters. The number of hydrogen-bond donors (Lipinski definition) is 2. The quantitative estimate of drug-likeness (QED) is 0.809. The molecule has 0 bridgehead atoms. The van der Waals surface area contributed by atoms with Gasteiger partial charge in [0.1, 0.15) is 0 Å². The fourth-order valence-corrected chi connectivity index (χ4v) is 6.80. The Balaban J connectivity index is 1.17. The molecule has 2 unspecified atom stereocenters. The predicted molar refractivity (Wildman–Crippen MR) is 100 cm³/mol. The molecule has 5 saturated carbocycles. The van der Waals surface area contributed by atoms with Crippen LogP contribution >= 0.6 is 0 Å².